The van der Waals surface area contributed by atoms with Gasteiger partial charge in [-0.2, -0.15) is 0 Å². The van der Waals surface area contributed by atoms with Gasteiger partial charge in [0.25, 0.3) is 0 Å². The molecule has 3 rings (SSSR count). The highest BCUT2D eigenvalue weighted by Crippen LogP contribution is 2.29. The first-order chi connectivity index (χ1) is 12.5. The summed E-state index contributed by atoms with van der Waals surface area (Å²) in [7, 11) is 0. The molecule has 1 heterocycles. The van der Waals surface area contributed by atoms with Crippen LogP contribution in [0.2, 0.25) is 5.02 Å². The minimum absolute atomic E-state index is 0.0365. The van der Waals surface area contributed by atoms with Crippen LogP contribution in [-0.4, -0.2) is 24.1 Å². The normalized spacial score (nSPS) is 11.8. The molecule has 0 unspecified atom stereocenters. The molecule has 2 aromatic carbocycles. The zero-order valence-corrected chi connectivity index (χ0v) is 16.3. The molecule has 0 bridgehead atoms. The van der Waals surface area contributed by atoms with Gasteiger partial charge in [-0.15, -0.1) is 0 Å². The van der Waals surface area contributed by atoms with Crippen molar-refractivity contribution in [3.05, 3.63) is 69.3 Å². The lowest BCUT2D eigenvalue weighted by molar-refractivity contribution is -0.936. The van der Waals surface area contributed by atoms with Gasteiger partial charge in [0.2, 0.25) is 0 Å². The molecule has 0 aliphatic rings. The third-order valence-electron chi connectivity index (χ3n) is 5.46. The van der Waals surface area contributed by atoms with Gasteiger partial charge in [0.05, 0.1) is 30.0 Å². The lowest BCUT2D eigenvalue weighted by atomic mass is 10.1. The number of nitrogens with zero attached hydrogens (tertiary/aromatic N) is 1. The average molecular weight is 371 g/mol. The number of rotatable bonds is 6. The van der Waals surface area contributed by atoms with Crippen LogP contribution in [0.5, 0.6) is 0 Å². The third kappa shape index (κ3) is 3.55. The van der Waals surface area contributed by atoms with Crippen molar-refractivity contribution in [1.82, 2.24) is 0 Å². The molecule has 1 aromatic heterocycles. The van der Waals surface area contributed by atoms with Gasteiger partial charge in [0.1, 0.15) is 17.9 Å². The molecule has 136 valence electrons. The summed E-state index contributed by atoms with van der Waals surface area (Å²) in [5.74, 6) is 0.502. The van der Waals surface area contributed by atoms with Crippen molar-refractivity contribution < 1.29 is 8.90 Å². The summed E-state index contributed by atoms with van der Waals surface area (Å²) >= 11 is 6.24. The fourth-order valence-electron chi connectivity index (χ4n) is 3.49. The maximum atomic E-state index is 12.7. The molecule has 0 amide bonds. The van der Waals surface area contributed by atoms with Crippen molar-refractivity contribution >= 4 is 22.6 Å². The fraction of sp³-hybridized carbons (Fsp3) is 0.318. The molecule has 0 saturated heterocycles. The summed E-state index contributed by atoms with van der Waals surface area (Å²) in [6.45, 7) is 10.8. The quantitative estimate of drug-likeness (QED) is 0.537. The molecular formula is C22H25ClNO2+. The van der Waals surface area contributed by atoms with E-state index in [1.54, 1.807) is 6.07 Å². The van der Waals surface area contributed by atoms with Gasteiger partial charge in [-0.3, -0.25) is 4.79 Å². The summed E-state index contributed by atoms with van der Waals surface area (Å²) in [4.78, 5) is 12.7. The lowest BCUT2D eigenvalue weighted by Crippen LogP contribution is -2.46. The monoisotopic (exact) mass is 370 g/mol. The molecule has 0 radical (unpaired) electrons. The van der Waals surface area contributed by atoms with Crippen LogP contribution in [0.25, 0.3) is 22.3 Å². The Hall–Kier alpha value is -2.10. The number of hydrogen-bond acceptors (Lipinski definition) is 2. The van der Waals surface area contributed by atoms with Gasteiger partial charge in [0.15, 0.2) is 5.43 Å². The third-order valence-corrected chi connectivity index (χ3v) is 5.79. The van der Waals surface area contributed by atoms with Crippen molar-refractivity contribution in [2.75, 3.05) is 19.6 Å². The van der Waals surface area contributed by atoms with Crippen LogP contribution in [0.3, 0.4) is 0 Å². The van der Waals surface area contributed by atoms with E-state index in [2.05, 4.69) is 26.8 Å². The Labute approximate surface area is 159 Å². The molecule has 3 aromatic rings. The molecule has 3 nitrogen and oxygen atoms in total. The number of benzene rings is 2. The Kier molecular flexibility index (Phi) is 5.49. The van der Waals surface area contributed by atoms with Gasteiger partial charge >= 0.3 is 0 Å². The van der Waals surface area contributed by atoms with Crippen LogP contribution in [0.4, 0.5) is 0 Å². The topological polar surface area (TPSA) is 30.2 Å². The molecule has 26 heavy (non-hydrogen) atoms. The van der Waals surface area contributed by atoms with Crippen LogP contribution >= 0.6 is 11.6 Å². The summed E-state index contributed by atoms with van der Waals surface area (Å²) in [5, 5.41) is 1.20. The summed E-state index contributed by atoms with van der Waals surface area (Å²) in [6.07, 6.45) is 0. The van der Waals surface area contributed by atoms with Crippen LogP contribution in [-0.2, 0) is 6.54 Å². The van der Waals surface area contributed by atoms with Crippen molar-refractivity contribution in [2.24, 2.45) is 0 Å². The smallest absolute Gasteiger partial charge is 0.193 e. The molecule has 0 fully saturated rings. The van der Waals surface area contributed by atoms with Crippen LogP contribution in [0, 0.1) is 0 Å². The second kappa shape index (κ2) is 7.65. The maximum Gasteiger partial charge on any atom is 0.193 e. The van der Waals surface area contributed by atoms with Gasteiger partial charge in [-0.1, -0.05) is 23.7 Å². The Bertz CT molecular complexity index is 965. The second-order valence-electron chi connectivity index (χ2n) is 6.73. The number of halogens is 1. The van der Waals surface area contributed by atoms with E-state index in [1.165, 1.54) is 11.6 Å². The number of hydrogen-bond donors (Lipinski definition) is 0. The molecule has 0 N–H and O–H groups in total. The molecule has 0 aliphatic heterocycles. The minimum Gasteiger partial charge on any atom is -0.456 e. The number of quaternary nitrogens is 1. The summed E-state index contributed by atoms with van der Waals surface area (Å²) in [6, 6.07) is 14.9. The second-order valence-corrected chi connectivity index (χ2v) is 7.14. The minimum atomic E-state index is -0.0365. The van der Waals surface area contributed by atoms with Crippen molar-refractivity contribution in [3.8, 4) is 11.3 Å². The molecule has 0 atom stereocenters. The zero-order valence-electron chi connectivity index (χ0n) is 15.6. The molecular weight excluding hydrogens is 346 g/mol. The first kappa shape index (κ1) is 18.7. The molecule has 0 aliphatic carbocycles. The lowest BCUT2D eigenvalue weighted by Gasteiger charge is -2.35. The largest absolute Gasteiger partial charge is 0.456 e. The van der Waals surface area contributed by atoms with Crippen molar-refractivity contribution in [1.29, 1.82) is 0 Å². The predicted molar refractivity (Wildman–Crippen MR) is 109 cm³/mol. The highest BCUT2D eigenvalue weighted by atomic mass is 35.5. The van der Waals surface area contributed by atoms with Gasteiger partial charge in [-0.25, -0.2) is 0 Å². The standard InChI is InChI=1S/C22H25ClNO2/c1-4-24(5-2,6-3)15-16-11-12-21-18(13-16)20(25)14-22(26-21)17-9-7-8-10-19(17)23/h7-14H,4-6,15H2,1-3H3/q+1. The van der Waals surface area contributed by atoms with E-state index in [-0.39, 0.29) is 5.43 Å². The van der Waals surface area contributed by atoms with Crippen LogP contribution < -0.4 is 5.43 Å². The van der Waals surface area contributed by atoms with Crippen LogP contribution in [0.1, 0.15) is 26.3 Å². The van der Waals surface area contributed by atoms with Gasteiger partial charge < -0.3 is 8.90 Å². The van der Waals surface area contributed by atoms with Crippen molar-refractivity contribution in [3.63, 3.8) is 0 Å². The zero-order chi connectivity index (χ0) is 18.7. The maximum absolute atomic E-state index is 12.7. The van der Waals surface area contributed by atoms with E-state index in [4.69, 9.17) is 16.0 Å². The molecule has 0 spiro atoms. The first-order valence-electron chi connectivity index (χ1n) is 9.18. The Balaban J connectivity index is 2.05. The Morgan fingerprint density at radius 3 is 2.31 bits per heavy atom. The van der Waals surface area contributed by atoms with E-state index in [0.29, 0.717) is 21.8 Å². The van der Waals surface area contributed by atoms with E-state index in [0.717, 1.165) is 36.2 Å². The first-order valence-corrected chi connectivity index (χ1v) is 9.56. The van der Waals surface area contributed by atoms with Crippen LogP contribution in [0.15, 0.2) is 57.7 Å². The summed E-state index contributed by atoms with van der Waals surface area (Å²) < 4.78 is 6.99. The Morgan fingerprint density at radius 1 is 0.962 bits per heavy atom. The van der Waals surface area contributed by atoms with E-state index in [9.17, 15) is 4.79 Å². The van der Waals surface area contributed by atoms with E-state index >= 15 is 0 Å². The molecule has 0 saturated carbocycles. The van der Waals surface area contributed by atoms with Crippen molar-refractivity contribution in [2.45, 2.75) is 27.3 Å². The Morgan fingerprint density at radius 2 is 1.65 bits per heavy atom. The highest BCUT2D eigenvalue weighted by molar-refractivity contribution is 6.33. The summed E-state index contributed by atoms with van der Waals surface area (Å²) in [5.41, 5.74) is 2.46. The predicted octanol–water partition coefficient (Wildman–Crippen LogP) is 5.49. The number of fused-ring (bicyclic) bond motifs is 1. The fourth-order valence-corrected chi connectivity index (χ4v) is 3.72. The van der Waals surface area contributed by atoms with Gasteiger partial charge in [-0.05, 0) is 51.1 Å². The SMILES string of the molecule is CC[N+](CC)(CC)Cc1ccc2oc(-c3ccccc3Cl)cc(=O)c2c1. The average Bonchev–Trinajstić information content (AvgIpc) is 2.67. The molecule has 4 heteroatoms. The highest BCUT2D eigenvalue weighted by Gasteiger charge is 2.21. The van der Waals surface area contributed by atoms with Gasteiger partial charge in [0, 0.05) is 17.2 Å². The van der Waals surface area contributed by atoms with E-state index in [1.807, 2.05) is 30.3 Å². The van der Waals surface area contributed by atoms with E-state index < -0.39 is 0 Å².